The maximum absolute atomic E-state index is 9.75. The number of halogens is 4. The Kier molecular flexibility index (Phi) is 227. The molecule has 0 saturated heterocycles. The van der Waals surface area contributed by atoms with Gasteiger partial charge in [0.2, 0.25) is 0 Å². The second-order valence-corrected chi connectivity index (χ2v) is 0.495. The summed E-state index contributed by atoms with van der Waals surface area (Å²) in [5, 5.41) is 0. The van der Waals surface area contributed by atoms with E-state index < -0.39 is 7.25 Å². The fourth-order valence-corrected chi connectivity index (χ4v) is 0. The van der Waals surface area contributed by atoms with E-state index in [1.54, 1.807) is 0 Å². The third kappa shape index (κ3) is 199000. The summed E-state index contributed by atoms with van der Waals surface area (Å²) in [4.78, 5) is 0. The molecule has 0 fully saturated rings. The van der Waals surface area contributed by atoms with Crippen LogP contribution in [0.3, 0.4) is 0 Å². The van der Waals surface area contributed by atoms with Crippen molar-refractivity contribution in [1.29, 1.82) is 0 Å². The molecular weight excluding hydrogens is 238 g/mol. The Morgan fingerprint density at radius 1 is 0.500 bits per heavy atom. The number of rotatable bonds is 0. The third-order valence-corrected chi connectivity index (χ3v) is 0. The minimum Gasteiger partial charge on any atom is -0.418 e. The molecule has 12 N–H and O–H groups in total. The van der Waals surface area contributed by atoms with Crippen molar-refractivity contribution in [2.24, 2.45) is 0 Å². The molecule has 0 aromatic carbocycles. The van der Waals surface area contributed by atoms with Gasteiger partial charge in [-0.15, -0.1) is 0 Å². The topological polar surface area (TPSA) is 189 Å². The maximum atomic E-state index is 9.75. The Labute approximate surface area is 75.4 Å². The molecule has 0 spiro atoms. The summed E-state index contributed by atoms with van der Waals surface area (Å²) in [6.45, 7) is 0. The van der Waals surface area contributed by atoms with Crippen LogP contribution < -0.4 is 0 Å². The largest absolute Gasteiger partial charge is 0.673 e. The number of hydrogen-bond donors (Lipinski definition) is 0. The van der Waals surface area contributed by atoms with Gasteiger partial charge < -0.3 is 50.1 Å². The Morgan fingerprint density at radius 2 is 0.500 bits per heavy atom. The first-order chi connectivity index (χ1) is 2.00. The van der Waals surface area contributed by atoms with Gasteiger partial charge in [-0.1, -0.05) is 0 Å². The van der Waals surface area contributed by atoms with E-state index in [9.17, 15) is 17.3 Å². The van der Waals surface area contributed by atoms with Crippen molar-refractivity contribution in [2.45, 2.75) is 0 Å². The second kappa shape index (κ2) is 30.5. The molecule has 0 aromatic rings. The normalized spacial score (nSPS) is 5.00. The Hall–Kier alpha value is 0.0644. The van der Waals surface area contributed by atoms with E-state index in [0.29, 0.717) is 0 Å². The first kappa shape index (κ1) is 89.4. The summed E-state index contributed by atoms with van der Waals surface area (Å²) in [7, 11) is -6.00. The smallest absolute Gasteiger partial charge is 0.418 e. The maximum Gasteiger partial charge on any atom is 0.673 e. The molecule has 0 heterocycles. The molecule has 6 nitrogen and oxygen atoms in total. The van der Waals surface area contributed by atoms with Crippen molar-refractivity contribution in [3.63, 3.8) is 0 Å². The van der Waals surface area contributed by atoms with Gasteiger partial charge in [0.15, 0.2) is 0 Å². The molecule has 0 aliphatic heterocycles. The summed E-state index contributed by atoms with van der Waals surface area (Å²) in [5.74, 6) is 0. The monoisotopic (exact) mass is 250 g/mol. The molecule has 0 saturated carbocycles. The van der Waals surface area contributed by atoms with Crippen LogP contribution in [-0.4, -0.2) is 40.1 Å². The zero-order chi connectivity index (χ0) is 4.50. The van der Waals surface area contributed by atoms with Gasteiger partial charge in [0.05, 0.1) is 0 Å². The van der Waals surface area contributed by atoms with Crippen LogP contribution in [0.4, 0.5) is 17.3 Å². The second-order valence-electron chi connectivity index (χ2n) is 0.495. The van der Waals surface area contributed by atoms with Crippen LogP contribution in [0.25, 0.3) is 0 Å². The van der Waals surface area contributed by atoms with Crippen LogP contribution in [0, 0.1) is 0 Å². The van der Waals surface area contributed by atoms with Crippen LogP contribution in [-0.2, 0) is 17.1 Å². The van der Waals surface area contributed by atoms with E-state index in [4.69, 9.17) is 0 Å². The summed E-state index contributed by atoms with van der Waals surface area (Å²) in [6, 6.07) is 0. The minimum absolute atomic E-state index is 0. The van der Waals surface area contributed by atoms with E-state index in [-0.39, 0.29) is 49.9 Å². The van der Waals surface area contributed by atoms with E-state index in [2.05, 4.69) is 0 Å². The Bertz CT molecular complexity index is 35.0. The van der Waals surface area contributed by atoms with Crippen LogP contribution in [0.15, 0.2) is 0 Å². The Balaban J connectivity index is -0.00000000381. The number of hydrogen-bond acceptors (Lipinski definition) is 0. The zero-order valence-corrected chi connectivity index (χ0v) is 6.65. The third-order valence-electron chi connectivity index (χ3n) is 0. The average molecular weight is 250 g/mol. The summed E-state index contributed by atoms with van der Waals surface area (Å²) >= 11 is 0. The molecule has 0 amide bonds. The van der Waals surface area contributed by atoms with Gasteiger partial charge in [-0.2, -0.15) is 0 Å². The van der Waals surface area contributed by atoms with Crippen molar-refractivity contribution in [2.75, 3.05) is 0 Å². The quantitative estimate of drug-likeness (QED) is 0.302. The van der Waals surface area contributed by atoms with Crippen LogP contribution in [0.2, 0.25) is 0 Å². The molecule has 12 heavy (non-hydrogen) atoms. The molecular formula is H12BF4MnO6-. The summed E-state index contributed by atoms with van der Waals surface area (Å²) < 4.78 is 39.0. The Morgan fingerprint density at radius 3 is 0.500 bits per heavy atom. The SMILES string of the molecule is F[B-](F)(F)F.O.O.O.O.O.O.[Mn]. The van der Waals surface area contributed by atoms with Crippen molar-refractivity contribution in [3.8, 4) is 0 Å². The first-order valence-electron chi connectivity index (χ1n) is 0.873. The van der Waals surface area contributed by atoms with Gasteiger partial charge in [0.1, 0.15) is 0 Å². The molecule has 0 bridgehead atoms. The van der Waals surface area contributed by atoms with E-state index in [1.807, 2.05) is 0 Å². The van der Waals surface area contributed by atoms with Crippen molar-refractivity contribution in [3.05, 3.63) is 0 Å². The minimum atomic E-state index is -6.00. The van der Waals surface area contributed by atoms with Crippen LogP contribution in [0.1, 0.15) is 0 Å². The molecule has 12 heteroatoms. The summed E-state index contributed by atoms with van der Waals surface area (Å²) in [6.07, 6.45) is 0. The predicted octanol–water partition coefficient (Wildman–Crippen LogP) is -3.65. The average Bonchev–Trinajstić information content (AvgIpc) is 0.722. The molecule has 0 unspecified atom stereocenters. The van der Waals surface area contributed by atoms with Crippen molar-refractivity contribution < 1.29 is 67.2 Å². The fourth-order valence-electron chi connectivity index (χ4n) is 0. The van der Waals surface area contributed by atoms with E-state index in [1.165, 1.54) is 0 Å². The van der Waals surface area contributed by atoms with Gasteiger partial charge in [0, 0.05) is 17.1 Å². The fraction of sp³-hybridized carbons (Fsp3) is 0. The van der Waals surface area contributed by atoms with Gasteiger partial charge in [0.25, 0.3) is 0 Å². The molecule has 0 rings (SSSR count). The van der Waals surface area contributed by atoms with Gasteiger partial charge in [-0.3, -0.25) is 0 Å². The standard InChI is InChI=1S/BF4.Mn.6H2O/c2-1(3,4)5;;;;;;;/h;;6*1H2/q-1;;;;;;;. The first-order valence-corrected chi connectivity index (χ1v) is 0.873. The zero-order valence-electron chi connectivity index (χ0n) is 5.47. The van der Waals surface area contributed by atoms with Crippen LogP contribution in [0.5, 0.6) is 0 Å². The predicted molar refractivity (Wildman–Crippen MR) is 31.9 cm³/mol. The molecule has 0 aliphatic carbocycles. The molecule has 0 atom stereocenters. The van der Waals surface area contributed by atoms with E-state index in [0.717, 1.165) is 0 Å². The van der Waals surface area contributed by atoms with Crippen LogP contribution >= 0.6 is 0 Å². The molecule has 0 aliphatic rings. The van der Waals surface area contributed by atoms with Gasteiger partial charge >= 0.3 is 7.25 Å². The van der Waals surface area contributed by atoms with Crippen molar-refractivity contribution >= 4 is 7.25 Å². The summed E-state index contributed by atoms with van der Waals surface area (Å²) in [5.41, 5.74) is 0. The van der Waals surface area contributed by atoms with Gasteiger partial charge in [-0.05, 0) is 0 Å². The van der Waals surface area contributed by atoms with E-state index >= 15 is 0 Å². The molecule has 0 aromatic heterocycles. The van der Waals surface area contributed by atoms with Gasteiger partial charge in [-0.25, -0.2) is 0 Å². The van der Waals surface area contributed by atoms with Crippen molar-refractivity contribution in [1.82, 2.24) is 0 Å². The molecule has 1 radical (unpaired) electrons. The molecule has 87 valence electrons.